The van der Waals surface area contributed by atoms with Crippen molar-refractivity contribution in [3.05, 3.63) is 0 Å². The Morgan fingerprint density at radius 3 is 2.73 bits per heavy atom. The quantitative estimate of drug-likeness (QED) is 0.575. The van der Waals surface area contributed by atoms with Gasteiger partial charge >= 0.3 is 0 Å². The van der Waals surface area contributed by atoms with Gasteiger partial charge in [0.25, 0.3) is 5.91 Å². The van der Waals surface area contributed by atoms with Gasteiger partial charge in [0.1, 0.15) is 0 Å². The van der Waals surface area contributed by atoms with Gasteiger partial charge in [0.2, 0.25) is 0 Å². The fourth-order valence-electron chi connectivity index (χ4n) is 1.56. The number of rotatable bonds is 4. The molecule has 1 aliphatic heterocycles. The van der Waals surface area contributed by atoms with Crippen LogP contribution in [0.1, 0.15) is 40.0 Å². The molecule has 0 aromatic rings. The number of carbonyl (C=O) groups is 1. The first kappa shape index (κ1) is 12.5. The predicted octanol–water partition coefficient (Wildman–Crippen LogP) is 1.82. The Morgan fingerprint density at radius 1 is 1.60 bits per heavy atom. The van der Waals surface area contributed by atoms with Crippen LogP contribution in [0.3, 0.4) is 0 Å². The van der Waals surface area contributed by atoms with Crippen molar-refractivity contribution in [2.24, 2.45) is 5.41 Å². The highest BCUT2D eigenvalue weighted by Crippen LogP contribution is 2.23. The molecule has 0 spiro atoms. The zero-order chi connectivity index (χ0) is 11.5. The van der Waals surface area contributed by atoms with Crippen molar-refractivity contribution < 1.29 is 14.7 Å². The van der Waals surface area contributed by atoms with Gasteiger partial charge in [0.15, 0.2) is 0 Å². The van der Waals surface area contributed by atoms with Crippen molar-refractivity contribution in [2.75, 3.05) is 13.2 Å². The smallest absolute Gasteiger partial charge is 0.251 e. The standard InChI is InChI=1S/C11H21NO3/c1-4-11(2,3)10(13)12(14)8-9-6-5-7-15-9/h9,14H,4-8H2,1-3H3. The van der Waals surface area contributed by atoms with Crippen LogP contribution in [0.15, 0.2) is 0 Å². The average Bonchev–Trinajstić information content (AvgIpc) is 2.69. The number of nitrogens with zero attached hydrogens (tertiary/aromatic N) is 1. The first-order valence-electron chi connectivity index (χ1n) is 5.60. The molecular weight excluding hydrogens is 194 g/mol. The molecule has 0 aromatic carbocycles. The maximum Gasteiger partial charge on any atom is 0.251 e. The maximum absolute atomic E-state index is 11.8. The third-order valence-electron chi connectivity index (χ3n) is 3.10. The van der Waals surface area contributed by atoms with E-state index in [1.165, 1.54) is 0 Å². The lowest BCUT2D eigenvalue weighted by Crippen LogP contribution is -2.42. The molecule has 1 aliphatic rings. The van der Waals surface area contributed by atoms with Gasteiger partial charge in [-0.3, -0.25) is 10.0 Å². The summed E-state index contributed by atoms with van der Waals surface area (Å²) in [7, 11) is 0. The zero-order valence-corrected chi connectivity index (χ0v) is 9.82. The van der Waals surface area contributed by atoms with E-state index in [0.717, 1.165) is 24.5 Å². The molecule has 1 amide bonds. The summed E-state index contributed by atoms with van der Waals surface area (Å²) in [5.41, 5.74) is -0.493. The molecule has 4 nitrogen and oxygen atoms in total. The van der Waals surface area contributed by atoms with E-state index in [2.05, 4.69) is 0 Å². The second-order valence-electron chi connectivity index (χ2n) is 4.76. The van der Waals surface area contributed by atoms with Crippen LogP contribution in [0.4, 0.5) is 0 Å². The first-order valence-corrected chi connectivity index (χ1v) is 5.60. The maximum atomic E-state index is 11.8. The van der Waals surface area contributed by atoms with Gasteiger partial charge in [-0.2, -0.15) is 0 Å². The topological polar surface area (TPSA) is 49.8 Å². The lowest BCUT2D eigenvalue weighted by atomic mass is 9.89. The summed E-state index contributed by atoms with van der Waals surface area (Å²) in [5.74, 6) is -0.222. The normalized spacial score (nSPS) is 21.7. The third-order valence-corrected chi connectivity index (χ3v) is 3.10. The second kappa shape index (κ2) is 4.94. The van der Waals surface area contributed by atoms with Crippen molar-refractivity contribution >= 4 is 5.91 Å². The monoisotopic (exact) mass is 215 g/mol. The van der Waals surface area contributed by atoms with E-state index in [0.29, 0.717) is 13.0 Å². The molecule has 1 N–H and O–H groups in total. The highest BCUT2D eigenvalue weighted by molar-refractivity contribution is 5.80. The predicted molar refractivity (Wildman–Crippen MR) is 56.5 cm³/mol. The molecule has 0 aliphatic carbocycles. The van der Waals surface area contributed by atoms with Crippen LogP contribution in [0.5, 0.6) is 0 Å². The van der Waals surface area contributed by atoms with E-state index in [4.69, 9.17) is 4.74 Å². The summed E-state index contributed by atoms with van der Waals surface area (Å²) in [6.07, 6.45) is 2.67. The first-order chi connectivity index (χ1) is 6.97. The van der Waals surface area contributed by atoms with E-state index >= 15 is 0 Å². The Hall–Kier alpha value is -0.610. The Kier molecular flexibility index (Phi) is 4.11. The molecule has 88 valence electrons. The molecule has 0 aromatic heterocycles. The van der Waals surface area contributed by atoms with Crippen molar-refractivity contribution in [3.8, 4) is 0 Å². The van der Waals surface area contributed by atoms with Gasteiger partial charge < -0.3 is 4.74 Å². The molecular formula is C11H21NO3. The SMILES string of the molecule is CCC(C)(C)C(=O)N(O)CC1CCCO1. The summed E-state index contributed by atoms with van der Waals surface area (Å²) in [4.78, 5) is 11.8. The van der Waals surface area contributed by atoms with E-state index in [-0.39, 0.29) is 12.0 Å². The molecule has 1 rings (SSSR count). The van der Waals surface area contributed by atoms with Crippen LogP contribution in [0.2, 0.25) is 0 Å². The minimum absolute atomic E-state index is 0.00612. The Balaban J connectivity index is 2.45. The van der Waals surface area contributed by atoms with Gasteiger partial charge in [-0.05, 0) is 19.3 Å². The molecule has 1 unspecified atom stereocenters. The molecule has 1 saturated heterocycles. The number of hydrogen-bond donors (Lipinski definition) is 1. The minimum Gasteiger partial charge on any atom is -0.376 e. The fourth-order valence-corrected chi connectivity index (χ4v) is 1.56. The van der Waals surface area contributed by atoms with Crippen LogP contribution in [-0.2, 0) is 9.53 Å². The molecule has 1 atom stereocenters. The number of hydrogen-bond acceptors (Lipinski definition) is 3. The largest absolute Gasteiger partial charge is 0.376 e. The molecule has 0 radical (unpaired) electrons. The average molecular weight is 215 g/mol. The number of amides is 1. The van der Waals surface area contributed by atoms with Crippen LogP contribution in [-0.4, -0.2) is 35.4 Å². The summed E-state index contributed by atoms with van der Waals surface area (Å²) < 4.78 is 5.37. The highest BCUT2D eigenvalue weighted by Gasteiger charge is 2.31. The fraction of sp³-hybridized carbons (Fsp3) is 0.909. The Bertz CT molecular complexity index is 222. The highest BCUT2D eigenvalue weighted by atomic mass is 16.5. The number of carbonyl (C=O) groups excluding carboxylic acids is 1. The van der Waals surface area contributed by atoms with Crippen molar-refractivity contribution in [1.29, 1.82) is 0 Å². The number of ether oxygens (including phenoxy) is 1. The minimum atomic E-state index is -0.493. The molecule has 0 bridgehead atoms. The molecule has 15 heavy (non-hydrogen) atoms. The van der Waals surface area contributed by atoms with Crippen LogP contribution in [0, 0.1) is 5.41 Å². The summed E-state index contributed by atoms with van der Waals surface area (Å²) in [5, 5.41) is 10.5. The van der Waals surface area contributed by atoms with E-state index in [9.17, 15) is 10.0 Å². The Labute approximate surface area is 91.2 Å². The van der Waals surface area contributed by atoms with Crippen molar-refractivity contribution in [1.82, 2.24) is 5.06 Å². The van der Waals surface area contributed by atoms with Crippen LogP contribution in [0.25, 0.3) is 0 Å². The summed E-state index contributed by atoms with van der Waals surface area (Å²) in [6, 6.07) is 0. The van der Waals surface area contributed by atoms with Gasteiger partial charge in [0, 0.05) is 12.0 Å². The molecule has 1 heterocycles. The lowest BCUT2D eigenvalue weighted by Gasteiger charge is -2.27. The van der Waals surface area contributed by atoms with Crippen molar-refractivity contribution in [2.45, 2.75) is 46.1 Å². The van der Waals surface area contributed by atoms with Gasteiger partial charge in [-0.15, -0.1) is 0 Å². The van der Waals surface area contributed by atoms with Crippen LogP contribution < -0.4 is 0 Å². The van der Waals surface area contributed by atoms with E-state index < -0.39 is 5.41 Å². The third kappa shape index (κ3) is 3.18. The van der Waals surface area contributed by atoms with E-state index in [1.807, 2.05) is 20.8 Å². The summed E-state index contributed by atoms with van der Waals surface area (Å²) in [6.45, 7) is 6.66. The molecule has 4 heteroatoms. The second-order valence-corrected chi connectivity index (χ2v) is 4.76. The molecule has 0 saturated carbocycles. The summed E-state index contributed by atoms with van der Waals surface area (Å²) >= 11 is 0. The zero-order valence-electron chi connectivity index (χ0n) is 9.82. The van der Waals surface area contributed by atoms with Gasteiger partial charge in [0.05, 0.1) is 12.6 Å². The van der Waals surface area contributed by atoms with E-state index in [1.54, 1.807) is 0 Å². The van der Waals surface area contributed by atoms with Crippen LogP contribution >= 0.6 is 0 Å². The Morgan fingerprint density at radius 2 is 2.27 bits per heavy atom. The number of hydroxylamine groups is 2. The molecule has 1 fully saturated rings. The van der Waals surface area contributed by atoms with Gasteiger partial charge in [-0.1, -0.05) is 20.8 Å². The van der Waals surface area contributed by atoms with Crippen molar-refractivity contribution in [3.63, 3.8) is 0 Å². The lowest BCUT2D eigenvalue weighted by molar-refractivity contribution is -0.181. The van der Waals surface area contributed by atoms with Gasteiger partial charge in [-0.25, -0.2) is 5.06 Å².